The zero-order chi connectivity index (χ0) is 11.1. The lowest BCUT2D eigenvalue weighted by Crippen LogP contribution is -2.30. The van der Waals surface area contributed by atoms with Crippen molar-refractivity contribution < 1.29 is 0 Å². The van der Waals surface area contributed by atoms with E-state index in [4.69, 9.17) is 0 Å². The first-order valence-corrected chi connectivity index (χ1v) is 5.99. The van der Waals surface area contributed by atoms with Gasteiger partial charge < -0.3 is 5.32 Å². The minimum Gasteiger partial charge on any atom is -0.355 e. The molecule has 1 aromatic heterocycles. The fraction of sp³-hybridized carbons (Fsp3) is 0.273. The van der Waals surface area contributed by atoms with E-state index in [1.807, 2.05) is 18.2 Å². The number of aromatic nitrogens is 2. The van der Waals surface area contributed by atoms with E-state index in [1.165, 1.54) is 0 Å². The van der Waals surface area contributed by atoms with Gasteiger partial charge in [0, 0.05) is 17.6 Å². The lowest BCUT2D eigenvalue weighted by molar-refractivity contribution is 0.602. The van der Waals surface area contributed by atoms with E-state index in [0.717, 1.165) is 29.5 Å². The topological polar surface area (TPSA) is 46.9 Å². The molecule has 2 heterocycles. The van der Waals surface area contributed by atoms with E-state index >= 15 is 0 Å². The smallest absolute Gasteiger partial charge is 0.262 e. The van der Waals surface area contributed by atoms with Crippen molar-refractivity contribution in [3.63, 3.8) is 0 Å². The Bertz CT molecular complexity index is 620. The molecule has 1 aromatic carbocycles. The minimum atomic E-state index is 0.0356. The molecule has 0 fully saturated rings. The summed E-state index contributed by atoms with van der Waals surface area (Å²) in [7, 11) is 0. The second-order valence-corrected chi connectivity index (χ2v) is 4.75. The van der Waals surface area contributed by atoms with Crippen LogP contribution in [-0.2, 0) is 6.54 Å². The van der Waals surface area contributed by atoms with Crippen LogP contribution in [0.1, 0.15) is 6.42 Å². The van der Waals surface area contributed by atoms with Crippen molar-refractivity contribution in [3.8, 4) is 0 Å². The number of hydrogen-bond acceptors (Lipinski definition) is 3. The maximum absolute atomic E-state index is 12.2. The van der Waals surface area contributed by atoms with Gasteiger partial charge in [0.2, 0.25) is 5.95 Å². The van der Waals surface area contributed by atoms with Gasteiger partial charge in [-0.25, -0.2) is 4.98 Å². The molecule has 1 N–H and O–H groups in total. The highest BCUT2D eigenvalue weighted by Crippen LogP contribution is 2.18. The maximum Gasteiger partial charge on any atom is 0.262 e. The monoisotopic (exact) mass is 279 g/mol. The van der Waals surface area contributed by atoms with Crippen molar-refractivity contribution in [2.45, 2.75) is 13.0 Å². The van der Waals surface area contributed by atoms with Crippen LogP contribution in [0.5, 0.6) is 0 Å². The Balaban J connectivity index is 2.40. The molecule has 0 atom stereocenters. The van der Waals surface area contributed by atoms with Crippen LogP contribution in [0.25, 0.3) is 10.9 Å². The molecule has 0 saturated carbocycles. The number of nitrogens with one attached hydrogen (secondary N) is 1. The average molecular weight is 280 g/mol. The highest BCUT2D eigenvalue weighted by atomic mass is 79.9. The Morgan fingerprint density at radius 2 is 2.31 bits per heavy atom. The van der Waals surface area contributed by atoms with Gasteiger partial charge in [0.15, 0.2) is 0 Å². The van der Waals surface area contributed by atoms with Crippen molar-refractivity contribution in [1.82, 2.24) is 9.55 Å². The van der Waals surface area contributed by atoms with Gasteiger partial charge in [-0.15, -0.1) is 0 Å². The number of nitrogens with zero attached hydrogens (tertiary/aromatic N) is 2. The molecule has 82 valence electrons. The molecule has 0 aliphatic carbocycles. The summed E-state index contributed by atoms with van der Waals surface area (Å²) in [6.07, 6.45) is 0.966. The number of halogens is 1. The van der Waals surface area contributed by atoms with Crippen LogP contribution >= 0.6 is 15.9 Å². The van der Waals surface area contributed by atoms with Gasteiger partial charge in [-0.2, -0.15) is 0 Å². The van der Waals surface area contributed by atoms with E-state index in [-0.39, 0.29) is 5.56 Å². The van der Waals surface area contributed by atoms with E-state index in [9.17, 15) is 4.79 Å². The molecule has 0 amide bonds. The van der Waals surface area contributed by atoms with Crippen molar-refractivity contribution in [2.24, 2.45) is 0 Å². The largest absolute Gasteiger partial charge is 0.355 e. The lowest BCUT2D eigenvalue weighted by atomic mass is 10.2. The first-order chi connectivity index (χ1) is 7.75. The van der Waals surface area contributed by atoms with E-state index in [1.54, 1.807) is 4.57 Å². The molecule has 0 spiro atoms. The van der Waals surface area contributed by atoms with Gasteiger partial charge >= 0.3 is 0 Å². The summed E-state index contributed by atoms with van der Waals surface area (Å²) in [6.45, 7) is 1.63. The SMILES string of the molecule is O=c1c2cc(Br)ccc2nc2n1CCCN2. The molecule has 0 unspecified atom stereocenters. The average Bonchev–Trinajstić information content (AvgIpc) is 2.31. The summed E-state index contributed by atoms with van der Waals surface area (Å²) in [4.78, 5) is 16.6. The summed E-state index contributed by atoms with van der Waals surface area (Å²) in [5.74, 6) is 0.686. The van der Waals surface area contributed by atoms with Gasteiger partial charge in [0.25, 0.3) is 5.56 Å². The number of rotatable bonds is 0. The first kappa shape index (κ1) is 9.84. The van der Waals surface area contributed by atoms with Gasteiger partial charge in [0.1, 0.15) is 0 Å². The third-order valence-corrected chi connectivity index (χ3v) is 3.25. The third kappa shape index (κ3) is 1.43. The summed E-state index contributed by atoms with van der Waals surface area (Å²) < 4.78 is 2.61. The van der Waals surface area contributed by atoms with Crippen LogP contribution in [0.3, 0.4) is 0 Å². The lowest BCUT2D eigenvalue weighted by Gasteiger charge is -2.19. The molecule has 5 heteroatoms. The van der Waals surface area contributed by atoms with Crippen molar-refractivity contribution in [2.75, 3.05) is 11.9 Å². The number of fused-ring (bicyclic) bond motifs is 2. The number of hydrogen-bond donors (Lipinski definition) is 1. The van der Waals surface area contributed by atoms with Gasteiger partial charge in [-0.05, 0) is 24.6 Å². The molecule has 1 aliphatic rings. The van der Waals surface area contributed by atoms with Crippen molar-refractivity contribution in [3.05, 3.63) is 33.0 Å². The Hall–Kier alpha value is -1.36. The molecule has 16 heavy (non-hydrogen) atoms. The summed E-state index contributed by atoms with van der Waals surface area (Å²) in [5, 5.41) is 3.82. The van der Waals surface area contributed by atoms with Gasteiger partial charge in [-0.1, -0.05) is 15.9 Å². The quantitative estimate of drug-likeness (QED) is 0.802. The van der Waals surface area contributed by atoms with Crippen LogP contribution in [0, 0.1) is 0 Å². The van der Waals surface area contributed by atoms with Crippen LogP contribution in [-0.4, -0.2) is 16.1 Å². The summed E-state index contributed by atoms with van der Waals surface area (Å²) in [5.41, 5.74) is 0.780. The fourth-order valence-electron chi connectivity index (χ4n) is 1.97. The molecular weight excluding hydrogens is 270 g/mol. The van der Waals surface area contributed by atoms with Crippen LogP contribution in [0.2, 0.25) is 0 Å². The van der Waals surface area contributed by atoms with Crippen molar-refractivity contribution in [1.29, 1.82) is 0 Å². The second kappa shape index (κ2) is 3.59. The number of benzene rings is 1. The Kier molecular flexibility index (Phi) is 2.21. The van der Waals surface area contributed by atoms with Crippen LogP contribution < -0.4 is 10.9 Å². The highest BCUT2D eigenvalue weighted by Gasteiger charge is 2.13. The summed E-state index contributed by atoms with van der Waals surface area (Å²) >= 11 is 3.37. The van der Waals surface area contributed by atoms with E-state index in [2.05, 4.69) is 26.2 Å². The predicted octanol–water partition coefficient (Wildman–Crippen LogP) is 1.97. The zero-order valence-electron chi connectivity index (χ0n) is 8.53. The molecule has 3 rings (SSSR count). The van der Waals surface area contributed by atoms with Crippen LogP contribution in [0.15, 0.2) is 27.5 Å². The minimum absolute atomic E-state index is 0.0356. The maximum atomic E-state index is 12.2. The standard InChI is InChI=1S/C11H10BrN3O/c12-7-2-3-9-8(6-7)10(16)15-5-1-4-13-11(15)14-9/h2-3,6H,1,4-5H2,(H,13,14). The predicted molar refractivity (Wildman–Crippen MR) is 66.8 cm³/mol. The van der Waals surface area contributed by atoms with Crippen LogP contribution in [0.4, 0.5) is 5.95 Å². The molecule has 0 radical (unpaired) electrons. The third-order valence-electron chi connectivity index (χ3n) is 2.76. The number of anilines is 1. The zero-order valence-corrected chi connectivity index (χ0v) is 10.1. The molecule has 4 nitrogen and oxygen atoms in total. The van der Waals surface area contributed by atoms with Crippen molar-refractivity contribution >= 4 is 32.8 Å². The van der Waals surface area contributed by atoms with Gasteiger partial charge in [-0.3, -0.25) is 9.36 Å². The molecule has 0 bridgehead atoms. The second-order valence-electron chi connectivity index (χ2n) is 3.83. The summed E-state index contributed by atoms with van der Waals surface area (Å²) in [6, 6.07) is 5.58. The fourth-order valence-corrected chi connectivity index (χ4v) is 2.33. The Morgan fingerprint density at radius 3 is 3.19 bits per heavy atom. The highest BCUT2D eigenvalue weighted by molar-refractivity contribution is 9.10. The Morgan fingerprint density at radius 1 is 1.44 bits per heavy atom. The Labute approximate surface area is 100 Å². The molecule has 1 aliphatic heterocycles. The first-order valence-electron chi connectivity index (χ1n) is 5.20. The van der Waals surface area contributed by atoms with E-state index in [0.29, 0.717) is 11.3 Å². The van der Waals surface area contributed by atoms with E-state index < -0.39 is 0 Å². The normalized spacial score (nSPS) is 14.6. The molecule has 2 aromatic rings. The molecular formula is C11H10BrN3O. The molecule has 0 saturated heterocycles. The van der Waals surface area contributed by atoms with Gasteiger partial charge in [0.05, 0.1) is 10.9 Å².